The van der Waals surface area contributed by atoms with Crippen molar-refractivity contribution < 1.29 is 9.47 Å². The highest BCUT2D eigenvalue weighted by Crippen LogP contribution is 2.26. The van der Waals surface area contributed by atoms with Crippen molar-refractivity contribution in [3.05, 3.63) is 130 Å². The van der Waals surface area contributed by atoms with E-state index in [0.717, 1.165) is 117 Å². The number of piperazine rings is 2. The molecule has 4 saturated heterocycles. The maximum Gasteiger partial charge on any atom is 0.299 e. The number of nitrogens with one attached hydrogen (secondary N) is 1. The molecule has 0 bridgehead atoms. The third-order valence-electron chi connectivity index (χ3n) is 13.5. The zero-order valence-electron chi connectivity index (χ0n) is 40.1. The third kappa shape index (κ3) is 12.5. The van der Waals surface area contributed by atoms with Gasteiger partial charge >= 0.3 is 0 Å². The lowest BCUT2D eigenvalue weighted by molar-refractivity contribution is 0.148. The van der Waals surface area contributed by atoms with E-state index in [1.807, 2.05) is 0 Å². The molecule has 2 aromatic carbocycles. The highest BCUT2D eigenvalue weighted by atomic mass is 16.5. The zero-order chi connectivity index (χ0) is 47.5. The van der Waals surface area contributed by atoms with Gasteiger partial charge < -0.3 is 29.5 Å². The molecule has 0 saturated carbocycles. The second-order valence-corrected chi connectivity index (χ2v) is 18.4. The van der Waals surface area contributed by atoms with Crippen LogP contribution in [-0.4, -0.2) is 152 Å². The Morgan fingerprint density at radius 1 is 0.522 bits per heavy atom. The summed E-state index contributed by atoms with van der Waals surface area (Å²) in [4.78, 5) is 62.5. The summed E-state index contributed by atoms with van der Waals surface area (Å²) < 4.78 is 15.3. The molecule has 10 rings (SSSR count). The van der Waals surface area contributed by atoms with E-state index in [9.17, 15) is 9.59 Å². The van der Waals surface area contributed by atoms with Crippen LogP contribution in [0, 0.1) is 0 Å². The first-order valence-corrected chi connectivity index (χ1v) is 24.2. The Labute approximate surface area is 403 Å². The van der Waals surface area contributed by atoms with Crippen LogP contribution < -0.4 is 35.7 Å². The van der Waals surface area contributed by atoms with Gasteiger partial charge in [-0.05, 0) is 54.6 Å². The van der Waals surface area contributed by atoms with E-state index in [1.54, 1.807) is 38.6 Å². The second-order valence-electron chi connectivity index (χ2n) is 18.4. The summed E-state index contributed by atoms with van der Waals surface area (Å²) in [7, 11) is 5.56. The lowest BCUT2D eigenvalue weighted by atomic mass is 10.1. The first kappa shape index (κ1) is 47.5. The van der Waals surface area contributed by atoms with Crippen LogP contribution in [0.2, 0.25) is 0 Å². The molecule has 0 atom stereocenters. The van der Waals surface area contributed by atoms with E-state index < -0.39 is 0 Å². The Morgan fingerprint density at radius 2 is 0.942 bits per heavy atom. The van der Waals surface area contributed by atoms with Gasteiger partial charge in [0.2, 0.25) is 0 Å². The number of aromatic nitrogens is 8. The minimum absolute atomic E-state index is 0.0153. The first-order valence-electron chi connectivity index (χ1n) is 24.2. The smallest absolute Gasteiger partial charge is 0.299 e. The number of benzene rings is 2. The SMILES string of the molecule is CN1CCN(Cc2ccc(N3CCC(Oc4nc(-c5ccncn5)cc(=O)n4C)CC3)cc2)CC1.Cn1c(OC2CCN(c3ccc(CN4CCNCC4)cc3)CC2)nc(-c2ccncn2)cc1=O. The summed E-state index contributed by atoms with van der Waals surface area (Å²) >= 11 is 0. The number of hydrogen-bond donors (Lipinski definition) is 1. The topological polar surface area (TPSA) is 168 Å². The molecule has 4 aliphatic heterocycles. The van der Waals surface area contributed by atoms with Gasteiger partial charge in [-0.15, -0.1) is 0 Å². The van der Waals surface area contributed by atoms with Gasteiger partial charge in [0, 0.05) is 167 Å². The molecule has 6 aromatic rings. The van der Waals surface area contributed by atoms with Crippen LogP contribution in [0.1, 0.15) is 36.8 Å². The summed E-state index contributed by atoms with van der Waals surface area (Å²) in [6.07, 6.45) is 9.68. The first-order chi connectivity index (χ1) is 33.7. The van der Waals surface area contributed by atoms with Gasteiger partial charge in [-0.25, -0.2) is 19.9 Å². The lowest BCUT2D eigenvalue weighted by Gasteiger charge is -2.34. The highest BCUT2D eigenvalue weighted by Gasteiger charge is 2.25. The zero-order valence-corrected chi connectivity index (χ0v) is 40.1. The molecular formula is C51H64N14O4. The largest absolute Gasteiger partial charge is 0.461 e. The number of rotatable bonds is 12. The van der Waals surface area contributed by atoms with E-state index >= 15 is 0 Å². The molecule has 69 heavy (non-hydrogen) atoms. The molecule has 4 fully saturated rings. The number of anilines is 2. The summed E-state index contributed by atoms with van der Waals surface area (Å²) in [5, 5.41) is 3.40. The van der Waals surface area contributed by atoms with Crippen molar-refractivity contribution in [3.8, 4) is 34.8 Å². The van der Waals surface area contributed by atoms with E-state index in [4.69, 9.17) is 9.47 Å². The quantitative estimate of drug-likeness (QED) is 0.188. The van der Waals surface area contributed by atoms with Crippen molar-refractivity contribution in [2.45, 2.75) is 51.0 Å². The Hall–Kier alpha value is -6.60. The predicted octanol–water partition coefficient (Wildman–Crippen LogP) is 3.72. The standard InChI is InChI=1S/C26H33N7O2.C25H31N7O2/c1-30-13-15-32(16-14-30)18-20-3-5-21(6-4-20)33-11-8-22(9-12-33)35-26-29-24(17-25(34)31(26)2)23-7-10-27-19-28-23;1-30-24(33)16-23(22-6-9-27-18-28-22)29-25(30)34-21-7-12-32(13-8-21)20-4-2-19(3-5-20)17-31-14-10-26-11-15-31/h3-7,10,17,19,22H,8-9,11-16,18H2,1-2H3;2-6,9,16,18,21,26H,7-8,10-15,17H2,1H3. The maximum absolute atomic E-state index is 12.5. The Kier molecular flexibility index (Phi) is 15.6. The second kappa shape index (κ2) is 22.7. The molecule has 362 valence electrons. The van der Waals surface area contributed by atoms with E-state index in [1.165, 1.54) is 56.4 Å². The lowest BCUT2D eigenvalue weighted by Crippen LogP contribution is -2.43. The third-order valence-corrected chi connectivity index (χ3v) is 13.5. The fourth-order valence-corrected chi connectivity index (χ4v) is 9.17. The number of hydrogen-bond acceptors (Lipinski definition) is 16. The fourth-order valence-electron chi connectivity index (χ4n) is 9.17. The van der Waals surface area contributed by atoms with Gasteiger partial charge in [-0.2, -0.15) is 9.97 Å². The van der Waals surface area contributed by atoms with Crippen LogP contribution in [0.4, 0.5) is 11.4 Å². The molecule has 1 N–H and O–H groups in total. The van der Waals surface area contributed by atoms with Gasteiger partial charge in [0.05, 0.1) is 22.8 Å². The number of nitrogens with zero attached hydrogens (tertiary/aromatic N) is 13. The number of likely N-dealkylation sites (N-methyl/N-ethyl adjacent to an activating group) is 1. The van der Waals surface area contributed by atoms with Crippen LogP contribution in [-0.2, 0) is 27.2 Å². The van der Waals surface area contributed by atoms with Crippen molar-refractivity contribution >= 4 is 11.4 Å². The van der Waals surface area contributed by atoms with Crippen molar-refractivity contribution in [1.29, 1.82) is 0 Å². The van der Waals surface area contributed by atoms with Gasteiger partial charge in [0.1, 0.15) is 24.9 Å². The average molecular weight is 937 g/mol. The van der Waals surface area contributed by atoms with Crippen molar-refractivity contribution in [2.24, 2.45) is 14.1 Å². The van der Waals surface area contributed by atoms with E-state index in [-0.39, 0.29) is 23.3 Å². The minimum atomic E-state index is -0.169. The molecule has 0 amide bonds. The van der Waals surface area contributed by atoms with Crippen LogP contribution in [0.5, 0.6) is 12.0 Å². The van der Waals surface area contributed by atoms with Crippen LogP contribution in [0.15, 0.2) is 107 Å². The molecule has 8 heterocycles. The highest BCUT2D eigenvalue weighted by molar-refractivity contribution is 5.54. The molecule has 0 spiro atoms. The predicted molar refractivity (Wildman–Crippen MR) is 267 cm³/mol. The summed E-state index contributed by atoms with van der Waals surface area (Å²) in [5.41, 5.74) is 7.10. The molecule has 0 unspecified atom stereocenters. The molecule has 4 aromatic heterocycles. The van der Waals surface area contributed by atoms with Crippen LogP contribution in [0.3, 0.4) is 0 Å². The van der Waals surface area contributed by atoms with Crippen molar-refractivity contribution in [1.82, 2.24) is 59.1 Å². The fraction of sp³-hybridized carbons (Fsp3) is 0.451. The Bertz CT molecular complexity index is 2680. The van der Waals surface area contributed by atoms with Gasteiger partial charge in [-0.3, -0.25) is 28.5 Å². The van der Waals surface area contributed by atoms with E-state index in [0.29, 0.717) is 34.8 Å². The molecule has 4 aliphatic rings. The maximum atomic E-state index is 12.5. The van der Waals surface area contributed by atoms with Crippen molar-refractivity contribution in [2.75, 3.05) is 95.4 Å². The van der Waals surface area contributed by atoms with Gasteiger partial charge in [-0.1, -0.05) is 24.3 Å². The molecule has 18 nitrogen and oxygen atoms in total. The van der Waals surface area contributed by atoms with Crippen LogP contribution >= 0.6 is 0 Å². The summed E-state index contributed by atoms with van der Waals surface area (Å²) in [5.74, 6) is 0. The van der Waals surface area contributed by atoms with Crippen LogP contribution in [0.25, 0.3) is 22.8 Å². The molecule has 18 heteroatoms. The van der Waals surface area contributed by atoms with Gasteiger partial charge in [0.25, 0.3) is 23.1 Å². The molecule has 0 radical (unpaired) electrons. The molecule has 0 aliphatic carbocycles. The van der Waals surface area contributed by atoms with Gasteiger partial charge in [0.15, 0.2) is 0 Å². The average Bonchev–Trinajstić information content (AvgIpc) is 3.39. The Morgan fingerprint density at radius 3 is 1.35 bits per heavy atom. The molecular weight excluding hydrogens is 873 g/mol. The monoisotopic (exact) mass is 937 g/mol. The summed E-state index contributed by atoms with van der Waals surface area (Å²) in [6.45, 7) is 14.6. The number of ether oxygens (including phenoxy) is 2. The summed E-state index contributed by atoms with van der Waals surface area (Å²) in [6, 6.07) is 25.0. The number of piperidine rings is 2. The minimum Gasteiger partial charge on any atom is -0.461 e. The normalized spacial score (nSPS) is 17.8. The van der Waals surface area contributed by atoms with E-state index in [2.05, 4.69) is 115 Å². The Balaban J connectivity index is 0.000000172. The van der Waals surface area contributed by atoms with Crippen molar-refractivity contribution in [3.63, 3.8) is 0 Å².